The molecule has 6 nitrogen and oxygen atoms in total. The standard InChI is InChI=1S/C18H21N5OS2/c1-23(2)14(13-7-4-3-5-8-13)11-19-16(24)12-26-18-20-17(21-22-18)15-9-6-10-25-15/h3-10,14H,11-12H2,1-2H3,(H,19,24)(H,20,21,22)/p+1/t14-/m1/s1. The molecule has 3 aromatic rings. The second kappa shape index (κ2) is 8.98. The fourth-order valence-electron chi connectivity index (χ4n) is 2.57. The summed E-state index contributed by atoms with van der Waals surface area (Å²) in [6.07, 6.45) is 0. The summed E-state index contributed by atoms with van der Waals surface area (Å²) in [5, 5.41) is 12.7. The van der Waals surface area contributed by atoms with Crippen molar-refractivity contribution in [2.75, 3.05) is 26.4 Å². The number of thiophene rings is 1. The van der Waals surface area contributed by atoms with E-state index in [1.165, 1.54) is 22.2 Å². The monoisotopic (exact) mass is 388 g/mol. The van der Waals surface area contributed by atoms with E-state index in [1.807, 2.05) is 35.7 Å². The lowest BCUT2D eigenvalue weighted by molar-refractivity contribution is -0.890. The van der Waals surface area contributed by atoms with Gasteiger partial charge >= 0.3 is 0 Å². The molecule has 0 spiro atoms. The van der Waals surface area contributed by atoms with Gasteiger partial charge in [-0.2, -0.15) is 0 Å². The maximum absolute atomic E-state index is 12.2. The van der Waals surface area contributed by atoms with E-state index in [2.05, 4.69) is 46.7 Å². The number of carbonyl (C=O) groups is 1. The van der Waals surface area contributed by atoms with Gasteiger partial charge in [-0.3, -0.25) is 9.89 Å². The molecule has 26 heavy (non-hydrogen) atoms. The molecule has 0 aliphatic heterocycles. The van der Waals surface area contributed by atoms with Crippen LogP contribution in [0.3, 0.4) is 0 Å². The molecule has 1 aromatic carbocycles. The van der Waals surface area contributed by atoms with Gasteiger partial charge in [-0.05, 0) is 11.4 Å². The Morgan fingerprint density at radius 2 is 2.08 bits per heavy atom. The zero-order chi connectivity index (χ0) is 18.4. The van der Waals surface area contributed by atoms with Crippen LogP contribution in [0.2, 0.25) is 0 Å². The SMILES string of the molecule is C[NH+](C)[C@H](CNC(=O)CSc1n[nH]c(-c2cccs2)n1)c1ccccc1. The van der Waals surface area contributed by atoms with Crippen LogP contribution in [-0.2, 0) is 4.79 Å². The Morgan fingerprint density at radius 3 is 2.77 bits per heavy atom. The number of hydrogen-bond donors (Lipinski definition) is 3. The van der Waals surface area contributed by atoms with Gasteiger partial charge in [0, 0.05) is 5.56 Å². The number of H-pyrrole nitrogens is 1. The summed E-state index contributed by atoms with van der Waals surface area (Å²) in [7, 11) is 4.19. The average molecular weight is 389 g/mol. The topological polar surface area (TPSA) is 75.1 Å². The third-order valence-electron chi connectivity index (χ3n) is 3.95. The third-order valence-corrected chi connectivity index (χ3v) is 5.68. The first-order valence-corrected chi connectivity index (χ1v) is 10.2. The lowest BCUT2D eigenvalue weighted by Crippen LogP contribution is -3.07. The van der Waals surface area contributed by atoms with Gasteiger partial charge in [-0.25, -0.2) is 4.98 Å². The molecular formula is C18H22N5OS2+. The van der Waals surface area contributed by atoms with Crippen LogP contribution in [-0.4, -0.2) is 47.5 Å². The molecule has 2 heterocycles. The first-order valence-electron chi connectivity index (χ1n) is 8.34. The zero-order valence-corrected chi connectivity index (χ0v) is 16.4. The maximum atomic E-state index is 12.2. The lowest BCUT2D eigenvalue weighted by Gasteiger charge is -2.22. The number of rotatable bonds is 8. The van der Waals surface area contributed by atoms with Crippen LogP contribution in [0.25, 0.3) is 10.7 Å². The van der Waals surface area contributed by atoms with E-state index < -0.39 is 0 Å². The lowest BCUT2D eigenvalue weighted by atomic mass is 10.1. The molecule has 0 saturated carbocycles. The van der Waals surface area contributed by atoms with Crippen LogP contribution in [0.15, 0.2) is 53.0 Å². The molecule has 0 bridgehead atoms. The van der Waals surface area contributed by atoms with Crippen LogP contribution in [0.4, 0.5) is 0 Å². The number of benzene rings is 1. The summed E-state index contributed by atoms with van der Waals surface area (Å²) in [5.41, 5.74) is 1.22. The van der Waals surface area contributed by atoms with E-state index in [4.69, 9.17) is 0 Å². The second-order valence-electron chi connectivity index (χ2n) is 6.08. The smallest absolute Gasteiger partial charge is 0.230 e. The molecule has 0 aliphatic rings. The van der Waals surface area contributed by atoms with E-state index in [-0.39, 0.29) is 11.9 Å². The Hall–Kier alpha value is -2.16. The van der Waals surface area contributed by atoms with Crippen molar-refractivity contribution < 1.29 is 9.69 Å². The van der Waals surface area contributed by atoms with Crippen molar-refractivity contribution in [3.63, 3.8) is 0 Å². The maximum Gasteiger partial charge on any atom is 0.230 e. The number of aromatic amines is 1. The summed E-state index contributed by atoms with van der Waals surface area (Å²) in [6.45, 7) is 0.597. The number of likely N-dealkylation sites (N-methyl/N-ethyl adjacent to an activating group) is 1. The fraction of sp³-hybridized carbons (Fsp3) is 0.278. The first-order chi connectivity index (χ1) is 12.6. The van der Waals surface area contributed by atoms with E-state index in [1.54, 1.807) is 11.3 Å². The van der Waals surface area contributed by atoms with Crippen molar-refractivity contribution in [3.8, 4) is 10.7 Å². The molecule has 2 aromatic heterocycles. The Kier molecular flexibility index (Phi) is 6.43. The van der Waals surface area contributed by atoms with Crippen LogP contribution in [0.1, 0.15) is 11.6 Å². The minimum atomic E-state index is -0.0142. The largest absolute Gasteiger partial charge is 0.349 e. The summed E-state index contributed by atoms with van der Waals surface area (Å²) < 4.78 is 0. The van der Waals surface area contributed by atoms with E-state index in [0.29, 0.717) is 17.5 Å². The zero-order valence-electron chi connectivity index (χ0n) is 14.7. The quantitative estimate of drug-likeness (QED) is 0.513. The predicted molar refractivity (Wildman–Crippen MR) is 105 cm³/mol. The van der Waals surface area contributed by atoms with Gasteiger partial charge < -0.3 is 10.2 Å². The highest BCUT2D eigenvalue weighted by atomic mass is 32.2. The molecule has 136 valence electrons. The Balaban J connectivity index is 1.49. The molecule has 3 rings (SSSR count). The molecule has 1 amide bonds. The van der Waals surface area contributed by atoms with Gasteiger partial charge in [0.25, 0.3) is 0 Å². The Bertz CT molecular complexity index is 817. The molecular weight excluding hydrogens is 366 g/mol. The molecule has 0 aliphatic carbocycles. The molecule has 0 fully saturated rings. The Labute approximate surface area is 161 Å². The molecule has 0 radical (unpaired) electrons. The van der Waals surface area contributed by atoms with Crippen molar-refractivity contribution in [3.05, 3.63) is 53.4 Å². The van der Waals surface area contributed by atoms with Crippen LogP contribution in [0, 0.1) is 0 Å². The first kappa shape index (κ1) is 18.6. The molecule has 8 heteroatoms. The van der Waals surface area contributed by atoms with Crippen molar-refractivity contribution >= 4 is 29.0 Å². The van der Waals surface area contributed by atoms with Crippen molar-refractivity contribution in [2.45, 2.75) is 11.2 Å². The second-order valence-corrected chi connectivity index (χ2v) is 7.97. The van der Waals surface area contributed by atoms with Crippen molar-refractivity contribution in [1.82, 2.24) is 20.5 Å². The van der Waals surface area contributed by atoms with Gasteiger partial charge in [-0.1, -0.05) is 48.2 Å². The van der Waals surface area contributed by atoms with E-state index in [0.717, 1.165) is 10.7 Å². The summed E-state index contributed by atoms with van der Waals surface area (Å²) >= 11 is 2.94. The van der Waals surface area contributed by atoms with Crippen molar-refractivity contribution in [1.29, 1.82) is 0 Å². The highest BCUT2D eigenvalue weighted by molar-refractivity contribution is 7.99. The number of nitrogens with zero attached hydrogens (tertiary/aromatic N) is 2. The Morgan fingerprint density at radius 1 is 1.27 bits per heavy atom. The van der Waals surface area contributed by atoms with Crippen molar-refractivity contribution in [2.24, 2.45) is 0 Å². The van der Waals surface area contributed by atoms with Gasteiger partial charge in [0.05, 0.1) is 31.3 Å². The summed E-state index contributed by atoms with van der Waals surface area (Å²) in [5.74, 6) is 1.02. The van der Waals surface area contributed by atoms with E-state index in [9.17, 15) is 4.79 Å². The fourth-order valence-corrected chi connectivity index (χ4v) is 3.86. The summed E-state index contributed by atoms with van der Waals surface area (Å²) in [4.78, 5) is 18.9. The van der Waals surface area contributed by atoms with Gasteiger partial charge in [0.2, 0.25) is 11.1 Å². The number of carbonyl (C=O) groups excluding carboxylic acids is 1. The van der Waals surface area contributed by atoms with Gasteiger partial charge in [0.15, 0.2) is 5.82 Å². The summed E-state index contributed by atoms with van der Waals surface area (Å²) in [6, 6.07) is 14.4. The molecule has 0 saturated heterocycles. The highest BCUT2D eigenvalue weighted by Gasteiger charge is 2.18. The minimum absolute atomic E-state index is 0.0142. The molecule has 1 atom stereocenters. The number of amides is 1. The van der Waals surface area contributed by atoms with Crippen LogP contribution >= 0.6 is 23.1 Å². The number of quaternary nitrogens is 1. The molecule has 3 N–H and O–H groups in total. The van der Waals surface area contributed by atoms with Crippen LogP contribution in [0.5, 0.6) is 0 Å². The number of thioether (sulfide) groups is 1. The normalized spacial score (nSPS) is 12.3. The van der Waals surface area contributed by atoms with Gasteiger partial charge in [0.1, 0.15) is 6.04 Å². The van der Waals surface area contributed by atoms with Gasteiger partial charge in [-0.15, -0.1) is 16.4 Å². The predicted octanol–water partition coefficient (Wildman–Crippen LogP) is 1.63. The average Bonchev–Trinajstić information content (AvgIpc) is 3.32. The highest BCUT2D eigenvalue weighted by Crippen LogP contribution is 2.23. The van der Waals surface area contributed by atoms with Crippen LogP contribution < -0.4 is 10.2 Å². The number of hydrogen-bond acceptors (Lipinski definition) is 5. The third kappa shape index (κ3) is 4.94. The minimum Gasteiger partial charge on any atom is -0.349 e. The number of aromatic nitrogens is 3. The van der Waals surface area contributed by atoms with E-state index >= 15 is 0 Å². The molecule has 0 unspecified atom stereocenters. The number of nitrogens with one attached hydrogen (secondary N) is 3.